The summed E-state index contributed by atoms with van der Waals surface area (Å²) >= 11 is 0. The zero-order valence-corrected chi connectivity index (χ0v) is 26.9. The second kappa shape index (κ2) is 40.2. The Balaban J connectivity index is 3.02. The first-order valence-corrected chi connectivity index (χ1v) is 16.3. The van der Waals surface area contributed by atoms with E-state index in [0.29, 0.717) is 119 Å². The molecule has 0 rings (SSSR count). The smallest absolute Gasteiger partial charge is 0.111 e. The van der Waals surface area contributed by atoms with Crippen molar-refractivity contribution in [2.24, 2.45) is 0 Å². The maximum absolute atomic E-state index is 5.64. The van der Waals surface area contributed by atoms with E-state index in [9.17, 15) is 0 Å². The van der Waals surface area contributed by atoms with E-state index in [2.05, 4.69) is 13.5 Å². The van der Waals surface area contributed by atoms with Gasteiger partial charge < -0.3 is 47.4 Å². The molecule has 0 aliphatic rings. The molecule has 0 N–H and O–H groups in total. The van der Waals surface area contributed by atoms with Crippen molar-refractivity contribution >= 4 is 0 Å². The lowest BCUT2D eigenvalue weighted by molar-refractivity contribution is -0.0256. The molecule has 0 aromatic rings. The van der Waals surface area contributed by atoms with Gasteiger partial charge in [-0.3, -0.25) is 0 Å². The molecule has 0 atom stereocenters. The molecule has 0 bridgehead atoms. The van der Waals surface area contributed by atoms with Crippen molar-refractivity contribution in [3.05, 3.63) is 12.8 Å². The zero-order chi connectivity index (χ0) is 30.3. The molecule has 0 aliphatic heterocycles. The summed E-state index contributed by atoms with van der Waals surface area (Å²) in [7, 11) is 0. The molecule has 0 aromatic heterocycles. The Morgan fingerprint density at radius 3 is 0.833 bits per heavy atom. The highest BCUT2D eigenvalue weighted by Gasteiger charge is 1.97. The minimum atomic E-state index is 0.508. The van der Waals surface area contributed by atoms with Gasteiger partial charge in [-0.1, -0.05) is 71.3 Å². The van der Waals surface area contributed by atoms with Crippen LogP contribution < -0.4 is 0 Å². The average molecular weight is 609 g/mol. The molecule has 0 unspecified atom stereocenters. The van der Waals surface area contributed by atoms with Gasteiger partial charge >= 0.3 is 0 Å². The third-order valence-corrected chi connectivity index (χ3v) is 6.08. The first-order valence-electron chi connectivity index (χ1n) is 16.3. The van der Waals surface area contributed by atoms with Crippen LogP contribution in [-0.2, 0) is 47.4 Å². The number of hydrogen-bond donors (Lipinski definition) is 0. The van der Waals surface area contributed by atoms with E-state index in [-0.39, 0.29) is 0 Å². The predicted molar refractivity (Wildman–Crippen MR) is 165 cm³/mol. The second-order valence-electron chi connectivity index (χ2n) is 9.73. The van der Waals surface area contributed by atoms with Crippen LogP contribution in [0.1, 0.15) is 71.1 Å². The summed E-state index contributed by atoms with van der Waals surface area (Å²) in [5.41, 5.74) is 0. The van der Waals surface area contributed by atoms with Gasteiger partial charge in [0.2, 0.25) is 0 Å². The summed E-state index contributed by atoms with van der Waals surface area (Å²) in [6.07, 6.45) is 14.8. The SMILES string of the molecule is C=COCCOCCOCCOCCOCCOCCOCCOCCOCCOCCCCCCCCCCCC. The van der Waals surface area contributed by atoms with Crippen molar-refractivity contribution in [2.75, 3.05) is 126 Å². The van der Waals surface area contributed by atoms with Crippen LogP contribution in [0.5, 0.6) is 0 Å². The summed E-state index contributed by atoms with van der Waals surface area (Å²) in [4.78, 5) is 0. The van der Waals surface area contributed by atoms with Crippen molar-refractivity contribution in [3.8, 4) is 0 Å². The van der Waals surface area contributed by atoms with Gasteiger partial charge in [0.1, 0.15) is 6.61 Å². The van der Waals surface area contributed by atoms with Crippen LogP contribution in [0, 0.1) is 0 Å². The van der Waals surface area contributed by atoms with Crippen LogP contribution in [0.15, 0.2) is 12.8 Å². The molecule has 10 nitrogen and oxygen atoms in total. The Morgan fingerprint density at radius 2 is 0.548 bits per heavy atom. The lowest BCUT2D eigenvalue weighted by Crippen LogP contribution is -2.15. The van der Waals surface area contributed by atoms with Crippen molar-refractivity contribution in [3.63, 3.8) is 0 Å². The highest BCUT2D eigenvalue weighted by atomic mass is 16.6. The second-order valence-corrected chi connectivity index (χ2v) is 9.73. The topological polar surface area (TPSA) is 92.3 Å². The number of hydrogen-bond acceptors (Lipinski definition) is 10. The van der Waals surface area contributed by atoms with E-state index >= 15 is 0 Å². The average Bonchev–Trinajstić information content (AvgIpc) is 3.00. The summed E-state index contributed by atoms with van der Waals surface area (Å²) < 4.78 is 54.2. The summed E-state index contributed by atoms with van der Waals surface area (Å²) in [5.74, 6) is 0. The Bertz CT molecular complexity index is 484. The molecule has 0 radical (unpaired) electrons. The molecule has 42 heavy (non-hydrogen) atoms. The van der Waals surface area contributed by atoms with E-state index < -0.39 is 0 Å². The number of ether oxygens (including phenoxy) is 10. The third kappa shape index (κ3) is 39.2. The third-order valence-electron chi connectivity index (χ3n) is 6.08. The van der Waals surface area contributed by atoms with E-state index in [4.69, 9.17) is 47.4 Å². The largest absolute Gasteiger partial charge is 0.499 e. The van der Waals surface area contributed by atoms with Crippen molar-refractivity contribution in [1.29, 1.82) is 0 Å². The van der Waals surface area contributed by atoms with Gasteiger partial charge in [0.15, 0.2) is 0 Å². The van der Waals surface area contributed by atoms with Crippen molar-refractivity contribution in [2.45, 2.75) is 71.1 Å². The fraction of sp³-hybridized carbons (Fsp3) is 0.938. The van der Waals surface area contributed by atoms with E-state index in [0.717, 1.165) is 13.0 Å². The van der Waals surface area contributed by atoms with Crippen LogP contribution in [0.4, 0.5) is 0 Å². The monoisotopic (exact) mass is 608 g/mol. The Morgan fingerprint density at radius 1 is 0.310 bits per heavy atom. The molecule has 0 amide bonds. The fourth-order valence-corrected chi connectivity index (χ4v) is 3.74. The van der Waals surface area contributed by atoms with Gasteiger partial charge in [-0.05, 0) is 6.42 Å². The Hall–Kier alpha value is -0.820. The molecule has 0 saturated heterocycles. The molecular weight excluding hydrogens is 544 g/mol. The van der Waals surface area contributed by atoms with Gasteiger partial charge in [0.05, 0.1) is 119 Å². The maximum Gasteiger partial charge on any atom is 0.111 e. The standard InChI is InChI=1S/C32H64O10/c1-3-5-6-7-8-9-10-11-12-13-14-34-17-18-36-21-22-38-25-26-40-29-30-42-32-31-41-28-27-39-24-23-37-20-19-35-16-15-33-4-2/h4H,2-3,5-32H2,1H3. The summed E-state index contributed by atoms with van der Waals surface area (Å²) in [6, 6.07) is 0. The van der Waals surface area contributed by atoms with Gasteiger partial charge in [0.25, 0.3) is 0 Å². The minimum Gasteiger partial charge on any atom is -0.499 e. The minimum absolute atomic E-state index is 0.508. The van der Waals surface area contributed by atoms with Crippen LogP contribution in [0.3, 0.4) is 0 Å². The lowest BCUT2D eigenvalue weighted by Gasteiger charge is -2.09. The van der Waals surface area contributed by atoms with E-state index in [1.165, 1.54) is 64.0 Å². The lowest BCUT2D eigenvalue weighted by atomic mass is 10.1. The van der Waals surface area contributed by atoms with Gasteiger partial charge in [-0.25, -0.2) is 0 Å². The van der Waals surface area contributed by atoms with Crippen molar-refractivity contribution in [1.82, 2.24) is 0 Å². The number of rotatable bonds is 39. The fourth-order valence-electron chi connectivity index (χ4n) is 3.74. The summed E-state index contributed by atoms with van der Waals surface area (Å²) in [5, 5.41) is 0. The van der Waals surface area contributed by atoms with Crippen LogP contribution in [0.2, 0.25) is 0 Å². The maximum atomic E-state index is 5.64. The van der Waals surface area contributed by atoms with Gasteiger partial charge in [-0.15, -0.1) is 0 Å². The summed E-state index contributed by atoms with van der Waals surface area (Å²) in [6.45, 7) is 16.4. The van der Waals surface area contributed by atoms with Crippen LogP contribution in [0.25, 0.3) is 0 Å². The normalized spacial score (nSPS) is 11.4. The first-order chi connectivity index (χ1) is 20.9. The number of unbranched alkanes of at least 4 members (excludes halogenated alkanes) is 9. The molecule has 0 fully saturated rings. The van der Waals surface area contributed by atoms with Crippen LogP contribution in [-0.4, -0.2) is 126 Å². The van der Waals surface area contributed by atoms with Crippen molar-refractivity contribution < 1.29 is 47.4 Å². The van der Waals surface area contributed by atoms with Crippen LogP contribution >= 0.6 is 0 Å². The quantitative estimate of drug-likeness (QED) is 0.0684. The highest BCUT2D eigenvalue weighted by molar-refractivity contribution is 4.48. The molecule has 10 heteroatoms. The Kier molecular flexibility index (Phi) is 39.4. The molecule has 0 aliphatic carbocycles. The first kappa shape index (κ1) is 41.2. The molecular formula is C32H64O10. The molecule has 0 heterocycles. The van der Waals surface area contributed by atoms with Gasteiger partial charge in [0, 0.05) is 6.61 Å². The zero-order valence-electron chi connectivity index (χ0n) is 26.9. The van der Waals surface area contributed by atoms with E-state index in [1.54, 1.807) is 0 Å². The molecule has 252 valence electrons. The molecule has 0 aromatic carbocycles. The molecule has 0 saturated carbocycles. The Labute approximate surface area is 256 Å². The van der Waals surface area contributed by atoms with Gasteiger partial charge in [-0.2, -0.15) is 0 Å². The highest BCUT2D eigenvalue weighted by Crippen LogP contribution is 2.10. The molecule has 0 spiro atoms. The predicted octanol–water partition coefficient (Wildman–Crippen LogP) is 5.22. The van der Waals surface area contributed by atoms with E-state index in [1.807, 2.05) is 0 Å².